The van der Waals surface area contributed by atoms with Gasteiger partial charge in [-0.2, -0.15) is 4.99 Å². The average Bonchev–Trinajstić information content (AvgIpc) is 3.28. The first-order valence-corrected chi connectivity index (χ1v) is 8.94. The second-order valence-corrected chi connectivity index (χ2v) is 7.29. The maximum Gasteiger partial charge on any atom is 0.286 e. The van der Waals surface area contributed by atoms with Gasteiger partial charge in [0.25, 0.3) is 5.91 Å². The highest BCUT2D eigenvalue weighted by molar-refractivity contribution is 8.18. The zero-order valence-electron chi connectivity index (χ0n) is 12.1. The number of hydrogen-bond acceptors (Lipinski definition) is 6. The van der Waals surface area contributed by atoms with Gasteiger partial charge in [0.2, 0.25) is 0 Å². The minimum absolute atomic E-state index is 0.0469. The molecular weight excluding hydrogens is 328 g/mol. The number of thioether (sulfide) groups is 1. The summed E-state index contributed by atoms with van der Waals surface area (Å²) < 4.78 is 0. The second kappa shape index (κ2) is 6.17. The number of fused-ring (bicyclic) bond motifs is 1. The molecule has 4 rings (SSSR count). The molecule has 0 saturated heterocycles. The number of hydrogen-bond donors (Lipinski definition) is 2. The zero-order chi connectivity index (χ0) is 15.6. The molecule has 0 bridgehead atoms. The van der Waals surface area contributed by atoms with Crippen LogP contribution in [0.5, 0.6) is 0 Å². The van der Waals surface area contributed by atoms with E-state index in [4.69, 9.17) is 0 Å². The summed E-state index contributed by atoms with van der Waals surface area (Å²) in [6.45, 7) is 0.691. The van der Waals surface area contributed by atoms with Crippen molar-refractivity contribution in [1.29, 1.82) is 0 Å². The van der Waals surface area contributed by atoms with Crippen molar-refractivity contribution in [3.8, 4) is 0 Å². The monoisotopic (exact) mass is 342 g/mol. The van der Waals surface area contributed by atoms with Gasteiger partial charge in [0.15, 0.2) is 5.17 Å². The van der Waals surface area contributed by atoms with Crippen molar-refractivity contribution in [2.24, 2.45) is 15.9 Å². The summed E-state index contributed by atoms with van der Waals surface area (Å²) in [6.07, 6.45) is 9.73. The number of nitrogens with one attached hydrogen (secondary N) is 2. The van der Waals surface area contributed by atoms with Crippen LogP contribution in [0, 0.1) is 5.92 Å². The summed E-state index contributed by atoms with van der Waals surface area (Å²) in [5.41, 5.74) is 1.06. The molecule has 1 aromatic rings. The Kier molecular flexibility index (Phi) is 3.88. The summed E-state index contributed by atoms with van der Waals surface area (Å²) in [5.74, 6) is 0.000322. The van der Waals surface area contributed by atoms with Crippen LogP contribution in [-0.2, 0) is 11.3 Å². The number of allylic oxidation sites excluding steroid dienone is 2. The van der Waals surface area contributed by atoms with Gasteiger partial charge in [0.1, 0.15) is 6.17 Å². The van der Waals surface area contributed by atoms with Crippen LogP contribution in [0.4, 0.5) is 0 Å². The topological polar surface area (TPSA) is 65.8 Å². The Hall–Kier alpha value is -2.12. The summed E-state index contributed by atoms with van der Waals surface area (Å²) >= 11 is 3.07. The van der Waals surface area contributed by atoms with Gasteiger partial charge < -0.3 is 10.6 Å². The largest absolute Gasteiger partial charge is 0.369 e. The number of carbonyl (C=O) groups excluding carboxylic acids is 1. The molecule has 3 aliphatic rings. The lowest BCUT2D eigenvalue weighted by atomic mass is 9.97. The number of aliphatic imine (C=N–C) groups is 2. The lowest BCUT2D eigenvalue weighted by Crippen LogP contribution is -2.25. The smallest absolute Gasteiger partial charge is 0.286 e. The third kappa shape index (κ3) is 3.02. The third-order valence-corrected chi connectivity index (χ3v) is 5.53. The Balaban J connectivity index is 1.42. The van der Waals surface area contributed by atoms with Crippen LogP contribution < -0.4 is 10.6 Å². The van der Waals surface area contributed by atoms with Gasteiger partial charge in [-0.3, -0.25) is 9.79 Å². The fourth-order valence-electron chi connectivity index (χ4n) is 2.58. The Morgan fingerprint density at radius 2 is 2.39 bits per heavy atom. The molecule has 7 heteroatoms. The molecule has 23 heavy (non-hydrogen) atoms. The van der Waals surface area contributed by atoms with E-state index in [0.717, 1.165) is 5.57 Å². The third-order valence-electron chi connectivity index (χ3n) is 3.71. The second-order valence-electron chi connectivity index (χ2n) is 5.23. The van der Waals surface area contributed by atoms with Crippen LogP contribution in [0.2, 0.25) is 0 Å². The Morgan fingerprint density at radius 1 is 1.43 bits per heavy atom. The number of amides is 1. The van der Waals surface area contributed by atoms with E-state index >= 15 is 0 Å². The van der Waals surface area contributed by atoms with E-state index in [-0.39, 0.29) is 18.0 Å². The summed E-state index contributed by atoms with van der Waals surface area (Å²) in [4.78, 5) is 22.4. The molecule has 4 heterocycles. The molecule has 0 saturated carbocycles. The number of thiophene rings is 1. The molecule has 3 aliphatic heterocycles. The highest BCUT2D eigenvalue weighted by Gasteiger charge is 2.29. The molecule has 0 fully saturated rings. The summed E-state index contributed by atoms with van der Waals surface area (Å²) in [5, 5.41) is 9.14. The van der Waals surface area contributed by atoms with Gasteiger partial charge in [-0.15, -0.1) is 11.3 Å². The Labute approximate surface area is 142 Å². The van der Waals surface area contributed by atoms with Crippen molar-refractivity contribution >= 4 is 40.4 Å². The number of carbonyl (C=O) groups is 1. The molecule has 0 spiro atoms. The van der Waals surface area contributed by atoms with Gasteiger partial charge in [0, 0.05) is 23.2 Å². The molecule has 2 unspecified atom stereocenters. The molecule has 2 N–H and O–H groups in total. The standard InChI is InChI=1S/C16H14N4OS2/c21-15-13(7-10-8-18-14-12(10)4-1-5-17-14)23-16(20-15)19-9-11-3-2-6-22-11/h1-8,12,14,18H,9H2,(H,19,20,21)/b13-7-. The van der Waals surface area contributed by atoms with Gasteiger partial charge in [-0.1, -0.05) is 12.1 Å². The van der Waals surface area contributed by atoms with Crippen LogP contribution in [0.25, 0.3) is 0 Å². The minimum Gasteiger partial charge on any atom is -0.369 e. The molecule has 116 valence electrons. The van der Waals surface area contributed by atoms with Gasteiger partial charge in [-0.25, -0.2) is 0 Å². The first kappa shape index (κ1) is 14.5. The molecule has 1 aromatic heterocycles. The van der Waals surface area contributed by atoms with E-state index in [1.54, 1.807) is 17.6 Å². The SMILES string of the molecule is O=C1N=C(NCc2cccs2)S/C1=C\C1=CNC2N=CC=CC12. The summed E-state index contributed by atoms with van der Waals surface area (Å²) in [6, 6.07) is 4.07. The molecule has 5 nitrogen and oxygen atoms in total. The van der Waals surface area contributed by atoms with E-state index in [1.807, 2.05) is 29.8 Å². The fourth-order valence-corrected chi connectivity index (χ4v) is 4.03. The van der Waals surface area contributed by atoms with Gasteiger partial charge >= 0.3 is 0 Å². The van der Waals surface area contributed by atoms with Crippen molar-refractivity contribution in [3.63, 3.8) is 0 Å². The normalized spacial score (nSPS) is 27.0. The molecule has 0 aromatic carbocycles. The number of amidine groups is 1. The minimum atomic E-state index is -0.184. The van der Waals surface area contributed by atoms with E-state index in [0.29, 0.717) is 16.6 Å². The quantitative estimate of drug-likeness (QED) is 0.828. The highest BCUT2D eigenvalue weighted by atomic mass is 32.2. The lowest BCUT2D eigenvalue weighted by Gasteiger charge is -2.16. The van der Waals surface area contributed by atoms with Crippen LogP contribution in [0.3, 0.4) is 0 Å². The van der Waals surface area contributed by atoms with E-state index in [9.17, 15) is 4.79 Å². The average molecular weight is 342 g/mol. The van der Waals surface area contributed by atoms with Crippen LogP contribution in [0.1, 0.15) is 4.88 Å². The van der Waals surface area contributed by atoms with E-state index < -0.39 is 0 Å². The zero-order valence-corrected chi connectivity index (χ0v) is 13.7. The van der Waals surface area contributed by atoms with Crippen molar-refractivity contribution in [1.82, 2.24) is 10.6 Å². The predicted molar refractivity (Wildman–Crippen MR) is 95.4 cm³/mol. The maximum absolute atomic E-state index is 12.1. The Bertz CT molecular complexity index is 774. The highest BCUT2D eigenvalue weighted by Crippen LogP contribution is 2.32. The van der Waals surface area contributed by atoms with Gasteiger partial charge in [-0.05, 0) is 40.9 Å². The first-order valence-electron chi connectivity index (χ1n) is 7.24. The number of dihydropyridines is 1. The van der Waals surface area contributed by atoms with E-state index in [2.05, 4.69) is 32.8 Å². The first-order chi connectivity index (χ1) is 11.3. The van der Waals surface area contributed by atoms with Crippen molar-refractivity contribution in [2.45, 2.75) is 12.7 Å². The van der Waals surface area contributed by atoms with Crippen molar-refractivity contribution in [3.05, 3.63) is 57.3 Å². The Morgan fingerprint density at radius 3 is 3.26 bits per heavy atom. The molecule has 0 aliphatic carbocycles. The van der Waals surface area contributed by atoms with Gasteiger partial charge in [0.05, 0.1) is 11.4 Å². The predicted octanol–water partition coefficient (Wildman–Crippen LogP) is 2.42. The van der Waals surface area contributed by atoms with Crippen LogP contribution in [-0.4, -0.2) is 23.5 Å². The molecule has 0 radical (unpaired) electrons. The van der Waals surface area contributed by atoms with Crippen LogP contribution >= 0.6 is 23.1 Å². The number of rotatable bonds is 3. The molecule has 2 atom stereocenters. The molecule has 1 amide bonds. The van der Waals surface area contributed by atoms with Crippen LogP contribution in [0.15, 0.2) is 62.4 Å². The lowest BCUT2D eigenvalue weighted by molar-refractivity contribution is -0.113. The molecular formula is C16H14N4OS2. The maximum atomic E-state index is 12.1. The van der Waals surface area contributed by atoms with Crippen molar-refractivity contribution in [2.75, 3.05) is 0 Å². The number of nitrogens with zero attached hydrogens (tertiary/aromatic N) is 2. The summed E-state index contributed by atoms with van der Waals surface area (Å²) in [7, 11) is 0. The fraction of sp³-hybridized carbons (Fsp3) is 0.188. The van der Waals surface area contributed by atoms with E-state index in [1.165, 1.54) is 16.6 Å². The van der Waals surface area contributed by atoms with Crippen molar-refractivity contribution < 1.29 is 4.79 Å².